The van der Waals surface area contributed by atoms with Crippen LogP contribution in [0.2, 0.25) is 5.02 Å². The lowest BCUT2D eigenvalue weighted by Gasteiger charge is -2.00. The molecule has 110 valence electrons. The van der Waals surface area contributed by atoms with Crippen LogP contribution in [0.4, 0.5) is 8.78 Å². The summed E-state index contributed by atoms with van der Waals surface area (Å²) in [7, 11) is 0. The molecule has 0 saturated carbocycles. The van der Waals surface area contributed by atoms with Crippen LogP contribution in [0, 0.1) is 11.6 Å². The molecule has 0 fully saturated rings. The number of halogens is 3. The van der Waals surface area contributed by atoms with Crippen LogP contribution in [0.15, 0.2) is 47.8 Å². The molecule has 5 heteroatoms. The summed E-state index contributed by atoms with van der Waals surface area (Å²) in [6.45, 7) is 0. The van der Waals surface area contributed by atoms with Crippen molar-refractivity contribution in [3.63, 3.8) is 0 Å². The van der Waals surface area contributed by atoms with E-state index in [1.807, 2.05) is 24.3 Å². The molecule has 2 aromatic carbocycles. The SMILES string of the molecule is Fc1cccc(F)c1-c1csc(/C=C/c2ccccc2Cl)n1. The highest BCUT2D eigenvalue weighted by molar-refractivity contribution is 7.10. The van der Waals surface area contributed by atoms with Crippen LogP contribution in [-0.2, 0) is 0 Å². The van der Waals surface area contributed by atoms with Gasteiger partial charge in [-0.25, -0.2) is 13.8 Å². The molecule has 0 aliphatic carbocycles. The molecule has 3 rings (SSSR count). The second-order valence-corrected chi connectivity index (χ2v) is 5.82. The highest BCUT2D eigenvalue weighted by Crippen LogP contribution is 2.28. The average molecular weight is 334 g/mol. The molecule has 0 radical (unpaired) electrons. The molecule has 0 saturated heterocycles. The van der Waals surface area contributed by atoms with Gasteiger partial charge in [0.1, 0.15) is 16.6 Å². The molecule has 0 spiro atoms. The summed E-state index contributed by atoms with van der Waals surface area (Å²) in [5.74, 6) is -1.24. The van der Waals surface area contributed by atoms with E-state index < -0.39 is 11.6 Å². The smallest absolute Gasteiger partial charge is 0.135 e. The van der Waals surface area contributed by atoms with Crippen LogP contribution in [0.25, 0.3) is 23.4 Å². The Hall–Kier alpha value is -2.04. The topological polar surface area (TPSA) is 12.9 Å². The predicted molar refractivity (Wildman–Crippen MR) is 87.8 cm³/mol. The zero-order valence-corrected chi connectivity index (χ0v) is 12.8. The van der Waals surface area contributed by atoms with Gasteiger partial charge in [0.25, 0.3) is 0 Å². The lowest BCUT2D eigenvalue weighted by Crippen LogP contribution is -1.89. The summed E-state index contributed by atoms with van der Waals surface area (Å²) in [5.41, 5.74) is 1.05. The van der Waals surface area contributed by atoms with Crippen molar-refractivity contribution in [1.29, 1.82) is 0 Å². The van der Waals surface area contributed by atoms with Gasteiger partial charge in [-0.1, -0.05) is 41.9 Å². The van der Waals surface area contributed by atoms with Crippen molar-refractivity contribution in [3.05, 3.63) is 75.1 Å². The Kier molecular flexibility index (Phi) is 4.32. The lowest BCUT2D eigenvalue weighted by molar-refractivity contribution is 0.589. The summed E-state index contributed by atoms with van der Waals surface area (Å²) in [6, 6.07) is 11.2. The van der Waals surface area contributed by atoms with E-state index >= 15 is 0 Å². The first kappa shape index (κ1) is 14.9. The number of hydrogen-bond acceptors (Lipinski definition) is 2. The van der Waals surface area contributed by atoms with E-state index in [4.69, 9.17) is 11.6 Å². The minimum absolute atomic E-state index is 0.101. The van der Waals surface area contributed by atoms with Gasteiger partial charge < -0.3 is 0 Å². The van der Waals surface area contributed by atoms with Gasteiger partial charge in [0.05, 0.1) is 11.3 Å². The number of benzene rings is 2. The lowest BCUT2D eigenvalue weighted by atomic mass is 10.1. The number of nitrogens with zero attached hydrogens (tertiary/aromatic N) is 1. The quantitative estimate of drug-likeness (QED) is 0.580. The van der Waals surface area contributed by atoms with E-state index in [2.05, 4.69) is 4.98 Å². The van der Waals surface area contributed by atoms with Gasteiger partial charge in [-0.2, -0.15) is 0 Å². The van der Waals surface area contributed by atoms with Gasteiger partial charge in [0, 0.05) is 10.4 Å². The van der Waals surface area contributed by atoms with E-state index in [1.54, 1.807) is 17.5 Å². The van der Waals surface area contributed by atoms with Crippen molar-refractivity contribution < 1.29 is 8.78 Å². The Morgan fingerprint density at radius 1 is 0.955 bits per heavy atom. The largest absolute Gasteiger partial charge is 0.236 e. The Labute approximate surface area is 135 Å². The summed E-state index contributed by atoms with van der Waals surface area (Å²) in [4.78, 5) is 4.26. The van der Waals surface area contributed by atoms with Gasteiger partial charge in [0.2, 0.25) is 0 Å². The number of aromatic nitrogens is 1. The Morgan fingerprint density at radius 3 is 2.41 bits per heavy atom. The third-order valence-electron chi connectivity index (χ3n) is 3.05. The molecule has 1 heterocycles. The van der Waals surface area contributed by atoms with E-state index in [0.717, 1.165) is 5.56 Å². The summed E-state index contributed by atoms with van der Waals surface area (Å²) in [5, 5.41) is 2.92. The second kappa shape index (κ2) is 6.38. The van der Waals surface area contributed by atoms with Crippen LogP contribution in [0.1, 0.15) is 10.6 Å². The fourth-order valence-electron chi connectivity index (χ4n) is 1.99. The van der Waals surface area contributed by atoms with E-state index in [-0.39, 0.29) is 5.56 Å². The minimum Gasteiger partial charge on any atom is -0.236 e. The average Bonchev–Trinajstić information content (AvgIpc) is 2.95. The monoisotopic (exact) mass is 333 g/mol. The van der Waals surface area contributed by atoms with Crippen molar-refractivity contribution >= 4 is 35.1 Å². The molecular formula is C17H10ClF2NS. The van der Waals surface area contributed by atoms with Crippen LogP contribution in [-0.4, -0.2) is 4.98 Å². The second-order valence-electron chi connectivity index (χ2n) is 4.52. The summed E-state index contributed by atoms with van der Waals surface area (Å²) < 4.78 is 27.5. The molecule has 0 aliphatic heterocycles. The first-order chi connectivity index (χ1) is 10.6. The van der Waals surface area contributed by atoms with Gasteiger partial charge >= 0.3 is 0 Å². The van der Waals surface area contributed by atoms with Gasteiger partial charge in [-0.15, -0.1) is 11.3 Å². The maximum Gasteiger partial charge on any atom is 0.135 e. The fraction of sp³-hybridized carbons (Fsp3) is 0. The molecule has 0 atom stereocenters. The van der Waals surface area contributed by atoms with Crippen LogP contribution in [0.5, 0.6) is 0 Å². The van der Waals surface area contributed by atoms with Gasteiger partial charge in [-0.3, -0.25) is 0 Å². The van der Waals surface area contributed by atoms with Crippen molar-refractivity contribution in [2.75, 3.05) is 0 Å². The first-order valence-electron chi connectivity index (χ1n) is 6.47. The molecule has 1 nitrogen and oxygen atoms in total. The van der Waals surface area contributed by atoms with Crippen molar-refractivity contribution in [1.82, 2.24) is 4.98 Å². The third-order valence-corrected chi connectivity index (χ3v) is 4.21. The normalized spacial score (nSPS) is 11.2. The van der Waals surface area contributed by atoms with Crippen molar-refractivity contribution in [2.24, 2.45) is 0 Å². The van der Waals surface area contributed by atoms with Gasteiger partial charge in [-0.05, 0) is 29.8 Å². The molecule has 22 heavy (non-hydrogen) atoms. The summed E-state index contributed by atoms with van der Waals surface area (Å²) in [6.07, 6.45) is 3.59. The molecule has 0 aliphatic rings. The molecule has 0 bridgehead atoms. The zero-order valence-electron chi connectivity index (χ0n) is 11.3. The number of thiazole rings is 1. The Morgan fingerprint density at radius 2 is 1.68 bits per heavy atom. The molecule has 0 unspecified atom stereocenters. The van der Waals surface area contributed by atoms with Crippen LogP contribution < -0.4 is 0 Å². The standard InChI is InChI=1S/C17H10ClF2NS/c18-12-5-2-1-4-11(12)8-9-16-21-15(10-22-16)17-13(19)6-3-7-14(17)20/h1-10H/b9-8+. The van der Waals surface area contributed by atoms with Crippen molar-refractivity contribution in [3.8, 4) is 11.3 Å². The number of hydrogen-bond donors (Lipinski definition) is 0. The van der Waals surface area contributed by atoms with Gasteiger partial charge in [0.15, 0.2) is 0 Å². The maximum atomic E-state index is 13.7. The van der Waals surface area contributed by atoms with E-state index in [0.29, 0.717) is 15.7 Å². The molecule has 0 amide bonds. The van der Waals surface area contributed by atoms with Crippen LogP contribution >= 0.6 is 22.9 Å². The minimum atomic E-state index is -0.619. The Balaban J connectivity index is 1.90. The van der Waals surface area contributed by atoms with E-state index in [1.165, 1.54) is 29.5 Å². The molecular weight excluding hydrogens is 324 g/mol. The number of rotatable bonds is 3. The molecule has 3 aromatic rings. The third kappa shape index (κ3) is 3.08. The predicted octanol–water partition coefficient (Wildman–Crippen LogP) is 5.91. The van der Waals surface area contributed by atoms with Crippen LogP contribution in [0.3, 0.4) is 0 Å². The van der Waals surface area contributed by atoms with Crippen molar-refractivity contribution in [2.45, 2.75) is 0 Å². The molecule has 0 N–H and O–H groups in total. The molecule has 1 aromatic heterocycles. The maximum absolute atomic E-state index is 13.7. The summed E-state index contributed by atoms with van der Waals surface area (Å²) >= 11 is 7.38. The fourth-order valence-corrected chi connectivity index (χ4v) is 2.89. The Bertz CT molecular complexity index is 822. The highest BCUT2D eigenvalue weighted by Gasteiger charge is 2.13. The van der Waals surface area contributed by atoms with E-state index in [9.17, 15) is 8.78 Å². The zero-order chi connectivity index (χ0) is 15.5. The first-order valence-corrected chi connectivity index (χ1v) is 7.73. The highest BCUT2D eigenvalue weighted by atomic mass is 35.5.